The summed E-state index contributed by atoms with van der Waals surface area (Å²) in [6, 6.07) is 0. The van der Waals surface area contributed by atoms with Crippen LogP contribution in [-0.4, -0.2) is 6.54 Å². The molecule has 1 aliphatic rings. The van der Waals surface area contributed by atoms with E-state index in [1.54, 1.807) is 0 Å². The lowest BCUT2D eigenvalue weighted by molar-refractivity contribution is 0.145. The van der Waals surface area contributed by atoms with E-state index in [2.05, 4.69) is 32.2 Å². The summed E-state index contributed by atoms with van der Waals surface area (Å²) in [6.07, 6.45) is 7.34. The zero-order chi connectivity index (χ0) is 10.6. The van der Waals surface area contributed by atoms with E-state index in [0.717, 1.165) is 12.5 Å². The van der Waals surface area contributed by atoms with E-state index in [9.17, 15) is 0 Å². The van der Waals surface area contributed by atoms with E-state index in [-0.39, 0.29) is 0 Å². The Morgan fingerprint density at radius 2 is 2.14 bits per heavy atom. The normalized spacial score (nSPS) is 34.6. The third-order valence-corrected chi connectivity index (χ3v) is 3.93. The molecule has 0 spiro atoms. The van der Waals surface area contributed by atoms with Gasteiger partial charge in [0.1, 0.15) is 0 Å². The van der Waals surface area contributed by atoms with Gasteiger partial charge in [-0.05, 0) is 55.6 Å². The Morgan fingerprint density at radius 1 is 1.57 bits per heavy atom. The predicted molar refractivity (Wildman–Crippen MR) is 62.0 cm³/mol. The van der Waals surface area contributed by atoms with E-state index in [1.165, 1.54) is 25.7 Å². The van der Waals surface area contributed by atoms with E-state index in [0.29, 0.717) is 11.3 Å². The minimum absolute atomic E-state index is 0.295. The molecule has 0 aliphatic heterocycles. The van der Waals surface area contributed by atoms with Gasteiger partial charge in [-0.1, -0.05) is 20.4 Å². The van der Waals surface area contributed by atoms with Crippen molar-refractivity contribution in [2.75, 3.05) is 6.54 Å². The fourth-order valence-electron chi connectivity index (χ4n) is 2.52. The maximum atomic E-state index is 5.78. The maximum Gasteiger partial charge on any atom is -0.000490 e. The van der Waals surface area contributed by atoms with Gasteiger partial charge in [-0.2, -0.15) is 0 Å². The van der Waals surface area contributed by atoms with Crippen molar-refractivity contribution in [3.05, 3.63) is 18.4 Å². The van der Waals surface area contributed by atoms with Crippen LogP contribution in [-0.2, 0) is 0 Å². The van der Waals surface area contributed by atoms with Crippen LogP contribution < -0.4 is 5.73 Å². The van der Waals surface area contributed by atoms with Gasteiger partial charge in [-0.25, -0.2) is 0 Å². The molecule has 0 radical (unpaired) electrons. The van der Waals surface area contributed by atoms with Crippen LogP contribution in [0.15, 0.2) is 18.4 Å². The zero-order valence-corrected chi connectivity index (χ0v) is 9.55. The van der Waals surface area contributed by atoms with Crippen LogP contribution in [0.5, 0.6) is 0 Å². The molecular weight excluding hydrogens is 170 g/mol. The number of rotatable bonds is 3. The molecule has 1 atom stereocenters. The number of hydrogen-bond donors (Lipinski definition) is 1. The molecule has 0 saturated heterocycles. The summed E-state index contributed by atoms with van der Waals surface area (Å²) in [4.78, 5) is 0. The first-order valence-electron chi connectivity index (χ1n) is 5.71. The Morgan fingerprint density at radius 3 is 2.57 bits per heavy atom. The summed E-state index contributed by atoms with van der Waals surface area (Å²) in [5, 5.41) is 0. The molecule has 0 bridgehead atoms. The van der Waals surface area contributed by atoms with Gasteiger partial charge in [-0.3, -0.25) is 0 Å². The monoisotopic (exact) mass is 193 g/mol. The van der Waals surface area contributed by atoms with Crippen LogP contribution in [0.4, 0.5) is 0 Å². The molecule has 0 aromatic heterocycles. The topological polar surface area (TPSA) is 26.0 Å². The van der Waals surface area contributed by atoms with Gasteiger partial charge in [0.2, 0.25) is 0 Å². The average molecular weight is 193 g/mol. The van der Waals surface area contributed by atoms with E-state index < -0.39 is 0 Å². The van der Waals surface area contributed by atoms with Crippen LogP contribution in [0, 0.1) is 17.3 Å². The van der Waals surface area contributed by atoms with Gasteiger partial charge in [0.05, 0.1) is 0 Å². The standard InChI is InChI=1S/C13H23N/c1-4-7-13(12(3)10-14)8-5-11(2)6-9-13/h7,11-12H,1,5-6,8-10,14H2,2-3H3. The van der Waals surface area contributed by atoms with E-state index >= 15 is 0 Å². The Hall–Kier alpha value is -0.520. The van der Waals surface area contributed by atoms with Crippen molar-refractivity contribution < 1.29 is 0 Å². The quantitative estimate of drug-likeness (QED) is 0.685. The molecular formula is C13H23N. The Bertz CT molecular complexity index is 217. The molecule has 2 N–H and O–H groups in total. The molecule has 1 rings (SSSR count). The number of nitrogens with two attached hydrogens (primary N) is 1. The van der Waals surface area contributed by atoms with E-state index in [4.69, 9.17) is 5.73 Å². The first kappa shape index (κ1) is 11.6. The highest BCUT2D eigenvalue weighted by Gasteiger charge is 2.36. The van der Waals surface area contributed by atoms with Crippen molar-refractivity contribution in [1.29, 1.82) is 0 Å². The number of hydrogen-bond acceptors (Lipinski definition) is 1. The second-order valence-electron chi connectivity index (χ2n) is 4.90. The van der Waals surface area contributed by atoms with Gasteiger partial charge in [-0.15, -0.1) is 5.73 Å². The van der Waals surface area contributed by atoms with Crippen LogP contribution in [0.25, 0.3) is 0 Å². The molecule has 0 heterocycles. The van der Waals surface area contributed by atoms with Gasteiger partial charge in [0.25, 0.3) is 0 Å². The molecule has 1 aliphatic carbocycles. The van der Waals surface area contributed by atoms with Gasteiger partial charge < -0.3 is 5.73 Å². The predicted octanol–water partition coefficient (Wildman–Crippen LogP) is 3.12. The van der Waals surface area contributed by atoms with Crippen molar-refractivity contribution in [3.63, 3.8) is 0 Å². The van der Waals surface area contributed by atoms with Gasteiger partial charge >= 0.3 is 0 Å². The van der Waals surface area contributed by atoms with Crippen LogP contribution >= 0.6 is 0 Å². The highest BCUT2D eigenvalue weighted by Crippen LogP contribution is 2.45. The molecule has 1 saturated carbocycles. The van der Waals surface area contributed by atoms with Crippen molar-refractivity contribution in [3.8, 4) is 0 Å². The lowest BCUT2D eigenvalue weighted by atomic mass is 9.64. The molecule has 0 aromatic carbocycles. The molecule has 0 aromatic rings. The smallest absolute Gasteiger partial charge is 0.000490 e. The summed E-state index contributed by atoms with van der Waals surface area (Å²) < 4.78 is 0. The Balaban J connectivity index is 2.77. The fraction of sp³-hybridized carbons (Fsp3) is 0.769. The second-order valence-corrected chi connectivity index (χ2v) is 4.90. The average Bonchev–Trinajstić information content (AvgIpc) is 2.21. The summed E-state index contributed by atoms with van der Waals surface area (Å²) >= 11 is 0. The molecule has 1 nitrogen and oxygen atoms in total. The molecule has 1 fully saturated rings. The first-order chi connectivity index (χ1) is 6.64. The maximum absolute atomic E-state index is 5.78. The highest BCUT2D eigenvalue weighted by atomic mass is 14.6. The van der Waals surface area contributed by atoms with Crippen molar-refractivity contribution in [2.45, 2.75) is 39.5 Å². The molecule has 0 amide bonds. The molecule has 1 unspecified atom stereocenters. The highest BCUT2D eigenvalue weighted by molar-refractivity contribution is 5.03. The third kappa shape index (κ3) is 2.29. The van der Waals surface area contributed by atoms with Crippen molar-refractivity contribution >= 4 is 0 Å². The minimum Gasteiger partial charge on any atom is -0.330 e. The molecule has 14 heavy (non-hydrogen) atoms. The first-order valence-corrected chi connectivity index (χ1v) is 5.71. The lowest BCUT2D eigenvalue weighted by Gasteiger charge is -2.41. The molecule has 80 valence electrons. The van der Waals surface area contributed by atoms with Crippen LogP contribution in [0.2, 0.25) is 0 Å². The van der Waals surface area contributed by atoms with Gasteiger partial charge in [0.15, 0.2) is 0 Å². The third-order valence-electron chi connectivity index (χ3n) is 3.93. The second kappa shape index (κ2) is 4.82. The van der Waals surface area contributed by atoms with Crippen molar-refractivity contribution in [2.24, 2.45) is 23.0 Å². The Kier molecular flexibility index (Phi) is 3.97. The number of allylic oxidation sites excluding steroid dienone is 1. The summed E-state index contributed by atoms with van der Waals surface area (Å²) in [5.74, 6) is 1.44. The van der Waals surface area contributed by atoms with E-state index in [1.807, 2.05) is 0 Å². The summed E-state index contributed by atoms with van der Waals surface area (Å²) in [5.41, 5.74) is 9.06. The van der Waals surface area contributed by atoms with Crippen molar-refractivity contribution in [1.82, 2.24) is 0 Å². The Labute approximate surface area is 88.1 Å². The fourth-order valence-corrected chi connectivity index (χ4v) is 2.52. The SMILES string of the molecule is C=C=CC1(C(C)CN)CCC(C)CC1. The lowest BCUT2D eigenvalue weighted by Crippen LogP contribution is -2.35. The van der Waals surface area contributed by atoms with Crippen LogP contribution in [0.1, 0.15) is 39.5 Å². The molecule has 1 heteroatoms. The van der Waals surface area contributed by atoms with Crippen LogP contribution in [0.3, 0.4) is 0 Å². The summed E-state index contributed by atoms with van der Waals surface area (Å²) in [7, 11) is 0. The van der Waals surface area contributed by atoms with Gasteiger partial charge in [0, 0.05) is 0 Å². The largest absolute Gasteiger partial charge is 0.330 e. The minimum atomic E-state index is 0.295. The summed E-state index contributed by atoms with van der Waals surface area (Å²) in [6.45, 7) is 9.08. The zero-order valence-electron chi connectivity index (χ0n) is 9.55.